The van der Waals surface area contributed by atoms with Gasteiger partial charge in [-0.25, -0.2) is 4.98 Å². The van der Waals surface area contributed by atoms with Gasteiger partial charge in [0.05, 0.1) is 18.2 Å². The van der Waals surface area contributed by atoms with E-state index in [4.69, 9.17) is 9.68 Å². The van der Waals surface area contributed by atoms with Crippen molar-refractivity contribution in [1.29, 1.82) is 5.26 Å². The molecule has 0 N–H and O–H groups in total. The predicted molar refractivity (Wildman–Crippen MR) is 78.0 cm³/mol. The van der Waals surface area contributed by atoms with Gasteiger partial charge in [0.1, 0.15) is 17.5 Å². The van der Waals surface area contributed by atoms with Gasteiger partial charge in [-0.3, -0.25) is 9.36 Å². The third-order valence-corrected chi connectivity index (χ3v) is 3.63. The monoisotopic (exact) mass is 279 g/mol. The van der Waals surface area contributed by atoms with Gasteiger partial charge in [-0.2, -0.15) is 5.26 Å². The van der Waals surface area contributed by atoms with E-state index in [1.807, 2.05) is 26.0 Å². The van der Waals surface area contributed by atoms with Gasteiger partial charge in [-0.15, -0.1) is 0 Å². The molecule has 0 amide bonds. The molecule has 0 unspecified atom stereocenters. The molecular weight excluding hydrogens is 266 g/mol. The molecule has 0 radical (unpaired) electrons. The summed E-state index contributed by atoms with van der Waals surface area (Å²) in [5.74, 6) is 0.699. The lowest BCUT2D eigenvalue weighted by molar-refractivity contribution is 0.561. The summed E-state index contributed by atoms with van der Waals surface area (Å²) in [5.41, 5.74) is 2.37. The lowest BCUT2D eigenvalue weighted by Gasteiger charge is -2.06. The maximum Gasteiger partial charge on any atom is 0.265 e. The summed E-state index contributed by atoms with van der Waals surface area (Å²) >= 11 is 0. The van der Waals surface area contributed by atoms with E-state index in [9.17, 15) is 4.79 Å². The first-order valence-electron chi connectivity index (χ1n) is 6.55. The Balaban J connectivity index is 2.14. The molecule has 1 aromatic carbocycles. The van der Waals surface area contributed by atoms with Crippen LogP contribution in [0.1, 0.15) is 22.5 Å². The zero-order valence-corrected chi connectivity index (χ0v) is 11.8. The summed E-state index contributed by atoms with van der Waals surface area (Å²) in [6.45, 7) is 3.97. The number of rotatable bonds is 2. The zero-order chi connectivity index (χ0) is 15.0. The van der Waals surface area contributed by atoms with Crippen molar-refractivity contribution in [2.45, 2.75) is 20.4 Å². The van der Waals surface area contributed by atoms with Crippen LogP contribution in [0.25, 0.3) is 11.1 Å². The van der Waals surface area contributed by atoms with Crippen molar-refractivity contribution in [1.82, 2.24) is 9.55 Å². The average molecular weight is 279 g/mol. The van der Waals surface area contributed by atoms with Crippen LogP contribution >= 0.6 is 0 Å². The van der Waals surface area contributed by atoms with Crippen LogP contribution in [-0.4, -0.2) is 9.55 Å². The van der Waals surface area contributed by atoms with Crippen LogP contribution in [0.4, 0.5) is 0 Å². The Morgan fingerprint density at radius 2 is 2.10 bits per heavy atom. The van der Waals surface area contributed by atoms with E-state index in [-0.39, 0.29) is 5.56 Å². The quantitative estimate of drug-likeness (QED) is 0.722. The minimum absolute atomic E-state index is 0.151. The molecule has 0 aliphatic heterocycles. The largest absolute Gasteiger partial charge is 0.443 e. The smallest absolute Gasteiger partial charge is 0.265 e. The second kappa shape index (κ2) is 4.91. The van der Waals surface area contributed by atoms with Gasteiger partial charge < -0.3 is 4.42 Å². The minimum atomic E-state index is -0.151. The van der Waals surface area contributed by atoms with Crippen molar-refractivity contribution in [3.8, 4) is 6.07 Å². The third-order valence-electron chi connectivity index (χ3n) is 3.63. The summed E-state index contributed by atoms with van der Waals surface area (Å²) in [6.07, 6.45) is 1.46. The molecule has 0 saturated heterocycles. The molecule has 3 aromatic rings. The Morgan fingerprint density at radius 1 is 1.33 bits per heavy atom. The number of hydrogen-bond acceptors (Lipinski definition) is 4. The van der Waals surface area contributed by atoms with E-state index in [0.717, 1.165) is 11.1 Å². The van der Waals surface area contributed by atoms with Crippen LogP contribution < -0.4 is 5.56 Å². The Bertz CT molecular complexity index is 929. The van der Waals surface area contributed by atoms with Crippen molar-refractivity contribution >= 4 is 11.1 Å². The van der Waals surface area contributed by atoms with Crippen molar-refractivity contribution in [3.63, 3.8) is 0 Å². The van der Waals surface area contributed by atoms with Crippen LogP contribution in [0, 0.1) is 25.2 Å². The number of nitriles is 1. The maximum atomic E-state index is 12.5. The van der Waals surface area contributed by atoms with E-state index in [1.165, 1.54) is 10.9 Å². The molecule has 0 fully saturated rings. The van der Waals surface area contributed by atoms with Crippen LogP contribution in [0.15, 0.2) is 39.8 Å². The van der Waals surface area contributed by atoms with E-state index < -0.39 is 0 Å². The van der Waals surface area contributed by atoms with Gasteiger partial charge >= 0.3 is 0 Å². The molecule has 0 aliphatic carbocycles. The highest BCUT2D eigenvalue weighted by atomic mass is 16.3. The first-order chi connectivity index (χ1) is 10.1. The van der Waals surface area contributed by atoms with Gasteiger partial charge in [0.25, 0.3) is 5.56 Å². The fraction of sp³-hybridized carbons (Fsp3) is 0.188. The summed E-state index contributed by atoms with van der Waals surface area (Å²) in [5, 5.41) is 9.62. The van der Waals surface area contributed by atoms with Crippen molar-refractivity contribution in [3.05, 3.63) is 63.4 Å². The molecule has 21 heavy (non-hydrogen) atoms. The standard InChI is InChI=1S/C16H13N3O2/c1-10-11(2)21-15-14(10)16(20)19(9-18-15)8-13-6-4-3-5-12(13)7-17/h3-6,9H,8H2,1-2H3. The van der Waals surface area contributed by atoms with E-state index in [0.29, 0.717) is 29.0 Å². The molecule has 0 spiro atoms. The number of fused-ring (bicyclic) bond motifs is 1. The minimum Gasteiger partial charge on any atom is -0.443 e. The summed E-state index contributed by atoms with van der Waals surface area (Å²) in [7, 11) is 0. The molecule has 3 rings (SSSR count). The average Bonchev–Trinajstić information content (AvgIpc) is 2.78. The highest BCUT2D eigenvalue weighted by molar-refractivity contribution is 5.77. The number of aryl methyl sites for hydroxylation is 2. The molecule has 0 atom stereocenters. The fourth-order valence-electron chi connectivity index (χ4n) is 2.33. The zero-order valence-electron chi connectivity index (χ0n) is 11.8. The molecule has 0 bridgehead atoms. The summed E-state index contributed by atoms with van der Waals surface area (Å²) < 4.78 is 6.95. The molecule has 0 aliphatic rings. The first kappa shape index (κ1) is 13.1. The van der Waals surface area contributed by atoms with Crippen LogP contribution in [0.3, 0.4) is 0 Å². The number of benzene rings is 1. The van der Waals surface area contributed by atoms with Gasteiger partial charge in [0.15, 0.2) is 0 Å². The van der Waals surface area contributed by atoms with Crippen LogP contribution in [0.2, 0.25) is 0 Å². The number of aromatic nitrogens is 2. The highest BCUT2D eigenvalue weighted by Gasteiger charge is 2.14. The summed E-state index contributed by atoms with van der Waals surface area (Å²) in [4.78, 5) is 16.7. The topological polar surface area (TPSA) is 71.8 Å². The van der Waals surface area contributed by atoms with Gasteiger partial charge in [0.2, 0.25) is 5.71 Å². The second-order valence-corrected chi connectivity index (χ2v) is 4.91. The Morgan fingerprint density at radius 3 is 2.86 bits per heavy atom. The van der Waals surface area contributed by atoms with E-state index >= 15 is 0 Å². The summed E-state index contributed by atoms with van der Waals surface area (Å²) in [6, 6.07) is 9.35. The fourth-order valence-corrected chi connectivity index (χ4v) is 2.33. The molecule has 2 heterocycles. The van der Waals surface area contributed by atoms with Crippen molar-refractivity contribution in [2.24, 2.45) is 0 Å². The number of hydrogen-bond donors (Lipinski definition) is 0. The van der Waals surface area contributed by atoms with Gasteiger partial charge in [-0.05, 0) is 25.5 Å². The number of furan rings is 1. The van der Waals surface area contributed by atoms with Gasteiger partial charge in [0, 0.05) is 5.56 Å². The van der Waals surface area contributed by atoms with Crippen LogP contribution in [-0.2, 0) is 6.54 Å². The van der Waals surface area contributed by atoms with E-state index in [2.05, 4.69) is 11.1 Å². The predicted octanol–water partition coefficient (Wildman–Crippen LogP) is 2.53. The lowest BCUT2D eigenvalue weighted by Crippen LogP contribution is -2.21. The molecule has 5 heteroatoms. The molecule has 0 saturated carbocycles. The van der Waals surface area contributed by atoms with Crippen molar-refractivity contribution < 1.29 is 4.42 Å². The molecule has 2 aromatic heterocycles. The van der Waals surface area contributed by atoms with Gasteiger partial charge in [-0.1, -0.05) is 18.2 Å². The number of nitrogens with zero attached hydrogens (tertiary/aromatic N) is 3. The van der Waals surface area contributed by atoms with Crippen LogP contribution in [0.5, 0.6) is 0 Å². The van der Waals surface area contributed by atoms with Crippen molar-refractivity contribution in [2.75, 3.05) is 0 Å². The lowest BCUT2D eigenvalue weighted by atomic mass is 10.1. The second-order valence-electron chi connectivity index (χ2n) is 4.91. The molecule has 104 valence electrons. The molecule has 5 nitrogen and oxygen atoms in total. The maximum absolute atomic E-state index is 12.5. The molecular formula is C16H13N3O2. The normalized spacial score (nSPS) is 10.7. The Kier molecular flexibility index (Phi) is 3.07. The van der Waals surface area contributed by atoms with E-state index in [1.54, 1.807) is 12.1 Å². The first-order valence-corrected chi connectivity index (χ1v) is 6.55. The SMILES string of the molecule is Cc1oc2ncn(Cc3ccccc3C#N)c(=O)c2c1C. The Hall–Kier alpha value is -2.87. The third kappa shape index (κ3) is 2.11. The Labute approximate surface area is 121 Å². The highest BCUT2D eigenvalue weighted by Crippen LogP contribution is 2.19.